The van der Waals surface area contributed by atoms with Gasteiger partial charge in [0.2, 0.25) is 0 Å². The van der Waals surface area contributed by atoms with Crippen molar-refractivity contribution in [2.24, 2.45) is 5.92 Å². The molecule has 0 aromatic heterocycles. The molecule has 0 bridgehead atoms. The quantitative estimate of drug-likeness (QED) is 0.810. The van der Waals surface area contributed by atoms with Gasteiger partial charge in [-0.25, -0.2) is 0 Å². The van der Waals surface area contributed by atoms with E-state index in [0.717, 1.165) is 36.3 Å². The fourth-order valence-electron chi connectivity index (χ4n) is 1.91. The molecule has 1 aliphatic carbocycles. The summed E-state index contributed by atoms with van der Waals surface area (Å²) in [6.45, 7) is 5.85. The molecule has 2 rings (SSSR count). The molecule has 1 aromatic rings. The minimum Gasteiger partial charge on any atom is -0.384 e. The number of anilines is 1. The summed E-state index contributed by atoms with van der Waals surface area (Å²) in [7, 11) is 0. The van der Waals surface area contributed by atoms with Gasteiger partial charge in [-0.2, -0.15) is 0 Å². The second-order valence-electron chi connectivity index (χ2n) is 5.13. The maximum absolute atomic E-state index is 12.2. The van der Waals surface area contributed by atoms with Gasteiger partial charge < -0.3 is 10.6 Å². The predicted molar refractivity (Wildman–Crippen MR) is 75.0 cm³/mol. The van der Waals surface area contributed by atoms with Gasteiger partial charge in [0.1, 0.15) is 0 Å². The van der Waals surface area contributed by atoms with Crippen LogP contribution in [0, 0.1) is 12.8 Å². The third-order valence-electron chi connectivity index (χ3n) is 3.23. The molecule has 98 valence electrons. The lowest BCUT2D eigenvalue weighted by atomic mass is 10.1. The normalized spacial score (nSPS) is 14.3. The smallest absolute Gasteiger partial charge is 0.253 e. The third-order valence-corrected chi connectivity index (χ3v) is 3.23. The number of carbonyl (C=O) groups excluding carboxylic acids is 1. The molecule has 0 saturated heterocycles. The second kappa shape index (κ2) is 5.89. The van der Waals surface area contributed by atoms with Gasteiger partial charge in [0.15, 0.2) is 0 Å². The number of hydrogen-bond acceptors (Lipinski definition) is 2. The maximum atomic E-state index is 12.2. The van der Waals surface area contributed by atoms with E-state index in [1.54, 1.807) is 0 Å². The number of hydrogen-bond donors (Lipinski definition) is 2. The third kappa shape index (κ3) is 3.49. The van der Waals surface area contributed by atoms with Gasteiger partial charge in [-0.3, -0.25) is 4.79 Å². The Morgan fingerprint density at radius 3 is 2.83 bits per heavy atom. The lowest BCUT2D eigenvalue weighted by molar-refractivity contribution is 0.0952. The van der Waals surface area contributed by atoms with Crippen molar-refractivity contribution >= 4 is 11.6 Å². The van der Waals surface area contributed by atoms with Gasteiger partial charge in [-0.05, 0) is 44.2 Å². The van der Waals surface area contributed by atoms with E-state index < -0.39 is 0 Å². The molecule has 0 spiro atoms. The first kappa shape index (κ1) is 12.9. The highest BCUT2D eigenvalue weighted by atomic mass is 16.1. The van der Waals surface area contributed by atoms with E-state index in [-0.39, 0.29) is 5.91 Å². The van der Waals surface area contributed by atoms with Gasteiger partial charge in [-0.1, -0.05) is 18.6 Å². The molecule has 1 saturated carbocycles. The predicted octanol–water partition coefficient (Wildman–Crippen LogP) is 2.96. The van der Waals surface area contributed by atoms with Crippen molar-refractivity contribution in [3.8, 4) is 0 Å². The van der Waals surface area contributed by atoms with Crippen LogP contribution in [0.4, 0.5) is 5.69 Å². The van der Waals surface area contributed by atoms with Crippen LogP contribution in [0.15, 0.2) is 18.2 Å². The molecule has 18 heavy (non-hydrogen) atoms. The Morgan fingerprint density at radius 1 is 1.39 bits per heavy atom. The summed E-state index contributed by atoms with van der Waals surface area (Å²) >= 11 is 0. The largest absolute Gasteiger partial charge is 0.384 e. The highest BCUT2D eigenvalue weighted by Crippen LogP contribution is 2.28. The maximum Gasteiger partial charge on any atom is 0.253 e. The van der Waals surface area contributed by atoms with Gasteiger partial charge in [0.25, 0.3) is 5.91 Å². The summed E-state index contributed by atoms with van der Waals surface area (Å²) in [4.78, 5) is 12.2. The lowest BCUT2D eigenvalue weighted by Crippen LogP contribution is -2.26. The monoisotopic (exact) mass is 246 g/mol. The summed E-state index contributed by atoms with van der Waals surface area (Å²) < 4.78 is 0. The number of benzene rings is 1. The van der Waals surface area contributed by atoms with Crippen molar-refractivity contribution in [3.63, 3.8) is 0 Å². The van der Waals surface area contributed by atoms with E-state index in [4.69, 9.17) is 0 Å². The highest BCUT2D eigenvalue weighted by Gasteiger charge is 2.22. The number of aryl methyl sites for hydroxylation is 1. The van der Waals surface area contributed by atoms with Crippen LogP contribution in [-0.2, 0) is 0 Å². The Hall–Kier alpha value is -1.51. The van der Waals surface area contributed by atoms with E-state index in [0.29, 0.717) is 5.92 Å². The van der Waals surface area contributed by atoms with Crippen LogP contribution < -0.4 is 10.6 Å². The number of amides is 1. The fourth-order valence-corrected chi connectivity index (χ4v) is 1.91. The van der Waals surface area contributed by atoms with Gasteiger partial charge in [-0.15, -0.1) is 0 Å². The first-order valence-electron chi connectivity index (χ1n) is 6.83. The van der Waals surface area contributed by atoms with Crippen molar-refractivity contribution in [3.05, 3.63) is 29.3 Å². The SMILES string of the molecule is CCCNc1ccc(C)cc1C(=O)NCC1CC1. The van der Waals surface area contributed by atoms with Crippen LogP contribution >= 0.6 is 0 Å². The molecule has 0 aliphatic heterocycles. The molecule has 1 aromatic carbocycles. The minimum absolute atomic E-state index is 0.0456. The number of nitrogens with one attached hydrogen (secondary N) is 2. The van der Waals surface area contributed by atoms with Gasteiger partial charge in [0.05, 0.1) is 5.56 Å². The summed E-state index contributed by atoms with van der Waals surface area (Å²) in [6.07, 6.45) is 3.57. The average Bonchev–Trinajstić information content (AvgIpc) is 3.18. The Kier molecular flexibility index (Phi) is 4.24. The molecule has 3 nitrogen and oxygen atoms in total. The van der Waals surface area contributed by atoms with Crippen LogP contribution in [0.5, 0.6) is 0 Å². The molecule has 1 aliphatic rings. The zero-order chi connectivity index (χ0) is 13.0. The molecule has 2 N–H and O–H groups in total. The summed E-state index contributed by atoms with van der Waals surface area (Å²) in [6, 6.07) is 5.99. The Balaban J connectivity index is 2.06. The molecule has 3 heteroatoms. The summed E-state index contributed by atoms with van der Waals surface area (Å²) in [5, 5.41) is 6.34. The van der Waals surface area contributed by atoms with E-state index in [1.165, 1.54) is 12.8 Å². The van der Waals surface area contributed by atoms with Crippen molar-refractivity contribution in [2.45, 2.75) is 33.1 Å². The van der Waals surface area contributed by atoms with E-state index in [1.807, 2.05) is 25.1 Å². The van der Waals surface area contributed by atoms with Crippen LogP contribution in [0.1, 0.15) is 42.1 Å². The second-order valence-corrected chi connectivity index (χ2v) is 5.13. The van der Waals surface area contributed by atoms with Crippen molar-refractivity contribution in [1.82, 2.24) is 5.32 Å². The first-order valence-corrected chi connectivity index (χ1v) is 6.83. The fraction of sp³-hybridized carbons (Fsp3) is 0.533. The molecule has 0 unspecified atom stereocenters. The Morgan fingerprint density at radius 2 is 2.17 bits per heavy atom. The first-order chi connectivity index (χ1) is 8.70. The number of rotatable bonds is 6. The van der Waals surface area contributed by atoms with Crippen molar-refractivity contribution in [1.29, 1.82) is 0 Å². The lowest BCUT2D eigenvalue weighted by Gasteiger charge is -2.12. The molecule has 0 atom stereocenters. The highest BCUT2D eigenvalue weighted by molar-refractivity contribution is 5.99. The van der Waals surface area contributed by atoms with E-state index in [9.17, 15) is 4.79 Å². The Labute approximate surface area is 109 Å². The van der Waals surface area contributed by atoms with Gasteiger partial charge in [0, 0.05) is 18.8 Å². The van der Waals surface area contributed by atoms with Crippen LogP contribution in [0.3, 0.4) is 0 Å². The molecular formula is C15H22N2O. The van der Waals surface area contributed by atoms with Crippen molar-refractivity contribution < 1.29 is 4.79 Å². The zero-order valence-electron chi connectivity index (χ0n) is 11.3. The van der Waals surface area contributed by atoms with Gasteiger partial charge >= 0.3 is 0 Å². The summed E-state index contributed by atoms with van der Waals surface area (Å²) in [5.74, 6) is 0.759. The number of carbonyl (C=O) groups is 1. The van der Waals surface area contributed by atoms with Crippen LogP contribution in [0.2, 0.25) is 0 Å². The minimum atomic E-state index is 0.0456. The zero-order valence-corrected chi connectivity index (χ0v) is 11.3. The van der Waals surface area contributed by atoms with Crippen LogP contribution in [0.25, 0.3) is 0 Å². The molecule has 1 fully saturated rings. The topological polar surface area (TPSA) is 41.1 Å². The standard InChI is InChI=1S/C15H22N2O/c1-3-8-16-14-7-4-11(2)9-13(14)15(18)17-10-12-5-6-12/h4,7,9,12,16H,3,5-6,8,10H2,1-2H3,(H,17,18). The van der Waals surface area contributed by atoms with Crippen LogP contribution in [-0.4, -0.2) is 19.0 Å². The molecule has 0 heterocycles. The van der Waals surface area contributed by atoms with Crippen molar-refractivity contribution in [2.75, 3.05) is 18.4 Å². The van der Waals surface area contributed by atoms with E-state index >= 15 is 0 Å². The average molecular weight is 246 g/mol. The molecule has 0 radical (unpaired) electrons. The molecule has 1 amide bonds. The molecular weight excluding hydrogens is 224 g/mol. The van der Waals surface area contributed by atoms with E-state index in [2.05, 4.69) is 17.6 Å². The Bertz CT molecular complexity index is 425. The summed E-state index contributed by atoms with van der Waals surface area (Å²) in [5.41, 5.74) is 2.83.